The second kappa shape index (κ2) is 10.9. The number of carbonyl (C=O) groups is 1. The average Bonchev–Trinajstić information content (AvgIpc) is 3.14. The number of amides is 1. The third-order valence-corrected chi connectivity index (χ3v) is 14.5. The largest absolute Gasteiger partial charge is 0.508 e. The number of benzene rings is 1. The SMILES string of the molecule is CC(C)[Si](OC1CCN(N2CCCC2=O)CC1Cc1c(Cl)cc(O)cc1Cl)(C(C)C)C(C)C. The molecular weight excluding hydrogens is 475 g/mol. The summed E-state index contributed by atoms with van der Waals surface area (Å²) in [6.07, 6.45) is 3.15. The van der Waals surface area contributed by atoms with Gasteiger partial charge in [-0.25, -0.2) is 5.01 Å². The van der Waals surface area contributed by atoms with E-state index in [9.17, 15) is 9.90 Å². The second-order valence-corrected chi connectivity index (χ2v) is 16.9. The van der Waals surface area contributed by atoms with Gasteiger partial charge in [0.2, 0.25) is 14.2 Å². The van der Waals surface area contributed by atoms with E-state index in [0.29, 0.717) is 39.5 Å². The first-order valence-corrected chi connectivity index (χ1v) is 15.3. The zero-order valence-electron chi connectivity index (χ0n) is 20.9. The van der Waals surface area contributed by atoms with E-state index < -0.39 is 8.32 Å². The molecule has 0 radical (unpaired) electrons. The highest BCUT2D eigenvalue weighted by molar-refractivity contribution is 6.77. The smallest absolute Gasteiger partial charge is 0.236 e. The van der Waals surface area contributed by atoms with E-state index in [0.717, 1.165) is 38.0 Å². The molecule has 0 bridgehead atoms. The van der Waals surface area contributed by atoms with Crippen LogP contribution in [0.15, 0.2) is 12.1 Å². The number of hydrogen-bond donors (Lipinski definition) is 1. The predicted octanol–water partition coefficient (Wildman–Crippen LogP) is 6.66. The van der Waals surface area contributed by atoms with Gasteiger partial charge in [-0.1, -0.05) is 64.7 Å². The molecule has 2 atom stereocenters. The van der Waals surface area contributed by atoms with Crippen molar-refractivity contribution in [1.82, 2.24) is 10.0 Å². The Morgan fingerprint density at radius 1 is 1.06 bits per heavy atom. The van der Waals surface area contributed by atoms with Gasteiger partial charge in [-0.05, 0) is 53.6 Å². The highest BCUT2D eigenvalue weighted by Crippen LogP contribution is 2.45. The number of hydrogen-bond acceptors (Lipinski definition) is 4. The topological polar surface area (TPSA) is 53.0 Å². The summed E-state index contributed by atoms with van der Waals surface area (Å²) in [4.78, 5) is 12.5. The summed E-state index contributed by atoms with van der Waals surface area (Å²) in [5.41, 5.74) is 2.34. The summed E-state index contributed by atoms with van der Waals surface area (Å²) >= 11 is 13.0. The molecule has 186 valence electrons. The molecule has 1 N–H and O–H groups in total. The lowest BCUT2D eigenvalue weighted by Crippen LogP contribution is -2.57. The first-order chi connectivity index (χ1) is 15.5. The maximum Gasteiger partial charge on any atom is 0.236 e. The van der Waals surface area contributed by atoms with Crippen LogP contribution in [0.3, 0.4) is 0 Å². The second-order valence-electron chi connectivity index (χ2n) is 10.6. The molecule has 0 aliphatic carbocycles. The van der Waals surface area contributed by atoms with E-state index >= 15 is 0 Å². The molecule has 2 unspecified atom stereocenters. The van der Waals surface area contributed by atoms with Crippen molar-refractivity contribution in [3.05, 3.63) is 27.7 Å². The van der Waals surface area contributed by atoms with Crippen LogP contribution < -0.4 is 0 Å². The Kier molecular flexibility index (Phi) is 8.82. The summed E-state index contributed by atoms with van der Waals surface area (Å²) in [7, 11) is -2.08. The lowest BCUT2D eigenvalue weighted by atomic mass is 9.89. The standard InChI is InChI=1S/C25H40Cl2N2O3Si/c1-16(2)33(17(3)4,18(5)6)32-24-9-11-28(29-10-7-8-25(29)31)15-19(24)12-21-22(26)13-20(30)14-23(21)27/h13-14,16-19,24,30H,7-12,15H2,1-6H3. The molecule has 1 aromatic carbocycles. The number of aromatic hydroxyl groups is 1. The Morgan fingerprint density at radius 2 is 1.64 bits per heavy atom. The molecule has 8 heteroatoms. The zero-order chi connectivity index (χ0) is 24.5. The lowest BCUT2D eigenvalue weighted by Gasteiger charge is -2.49. The molecular formula is C25H40Cl2N2O3Si. The quantitative estimate of drug-likeness (QED) is 0.393. The fraction of sp³-hybridized carbons (Fsp3) is 0.720. The average molecular weight is 516 g/mol. The molecule has 5 nitrogen and oxygen atoms in total. The van der Waals surface area contributed by atoms with Gasteiger partial charge in [0.15, 0.2) is 0 Å². The van der Waals surface area contributed by atoms with Crippen molar-refractivity contribution in [2.45, 2.75) is 90.0 Å². The summed E-state index contributed by atoms with van der Waals surface area (Å²) < 4.78 is 7.26. The maximum atomic E-state index is 12.5. The monoisotopic (exact) mass is 514 g/mol. The molecule has 3 rings (SSSR count). The van der Waals surface area contributed by atoms with E-state index in [2.05, 4.69) is 46.6 Å². The highest BCUT2D eigenvalue weighted by Gasteiger charge is 2.48. The van der Waals surface area contributed by atoms with E-state index in [4.69, 9.17) is 27.6 Å². The zero-order valence-corrected chi connectivity index (χ0v) is 23.4. The Balaban J connectivity index is 1.93. The molecule has 2 fully saturated rings. The minimum absolute atomic E-state index is 0.0698. The number of hydrazine groups is 1. The van der Waals surface area contributed by atoms with E-state index in [1.165, 1.54) is 0 Å². The Labute approximate surface area is 210 Å². The van der Waals surface area contributed by atoms with E-state index in [-0.39, 0.29) is 23.7 Å². The first kappa shape index (κ1) is 26.8. The van der Waals surface area contributed by atoms with Gasteiger partial charge in [0.05, 0.1) is 6.10 Å². The molecule has 33 heavy (non-hydrogen) atoms. The summed E-state index contributed by atoms with van der Waals surface area (Å²) in [6, 6.07) is 3.11. The maximum absolute atomic E-state index is 12.5. The third-order valence-electron chi connectivity index (χ3n) is 7.69. The van der Waals surface area contributed by atoms with Crippen LogP contribution in [0.4, 0.5) is 0 Å². The fourth-order valence-electron chi connectivity index (χ4n) is 6.21. The summed E-state index contributed by atoms with van der Waals surface area (Å²) in [5, 5.41) is 15.0. The van der Waals surface area contributed by atoms with Crippen LogP contribution in [0.5, 0.6) is 5.75 Å². The number of carbonyl (C=O) groups excluding carboxylic acids is 1. The van der Waals surface area contributed by atoms with Gasteiger partial charge in [0, 0.05) is 42.0 Å². The highest BCUT2D eigenvalue weighted by atomic mass is 35.5. The van der Waals surface area contributed by atoms with E-state index in [1.807, 2.05) is 5.01 Å². The van der Waals surface area contributed by atoms with Crippen molar-refractivity contribution in [3.8, 4) is 5.75 Å². The lowest BCUT2D eigenvalue weighted by molar-refractivity contribution is -0.149. The number of piperidine rings is 1. The van der Waals surface area contributed by atoms with Gasteiger partial charge in [-0.2, -0.15) is 0 Å². The molecule has 1 amide bonds. The Hall–Kier alpha value is -0.793. The van der Waals surface area contributed by atoms with Crippen LogP contribution >= 0.6 is 23.2 Å². The first-order valence-electron chi connectivity index (χ1n) is 12.4. The van der Waals surface area contributed by atoms with Crippen LogP contribution in [-0.4, -0.2) is 55.1 Å². The number of halogens is 2. The molecule has 2 heterocycles. The number of nitrogens with zero attached hydrogens (tertiary/aromatic N) is 2. The van der Waals surface area contributed by atoms with Crippen molar-refractivity contribution in [1.29, 1.82) is 0 Å². The molecule has 0 spiro atoms. The minimum atomic E-state index is -2.08. The molecule has 2 aliphatic heterocycles. The van der Waals surface area contributed by atoms with Crippen molar-refractivity contribution in [3.63, 3.8) is 0 Å². The van der Waals surface area contributed by atoms with Gasteiger partial charge in [-0.15, -0.1) is 0 Å². The normalized spacial score (nSPS) is 22.9. The van der Waals surface area contributed by atoms with Crippen molar-refractivity contribution >= 4 is 37.4 Å². The van der Waals surface area contributed by atoms with Gasteiger partial charge in [-0.3, -0.25) is 9.80 Å². The van der Waals surface area contributed by atoms with Gasteiger partial charge < -0.3 is 9.53 Å². The van der Waals surface area contributed by atoms with E-state index in [1.54, 1.807) is 12.1 Å². The van der Waals surface area contributed by atoms with Crippen molar-refractivity contribution in [2.24, 2.45) is 5.92 Å². The third kappa shape index (κ3) is 5.56. The van der Waals surface area contributed by atoms with Crippen LogP contribution in [0.2, 0.25) is 26.7 Å². The number of rotatable bonds is 8. The molecule has 2 aliphatic rings. The van der Waals surface area contributed by atoms with Crippen LogP contribution in [0.1, 0.15) is 66.4 Å². The van der Waals surface area contributed by atoms with Gasteiger partial charge in [0.25, 0.3) is 0 Å². The Bertz CT molecular complexity index is 804. The van der Waals surface area contributed by atoms with Crippen molar-refractivity contribution < 1.29 is 14.3 Å². The number of phenols is 1. The summed E-state index contributed by atoms with van der Waals surface area (Å²) in [6.45, 7) is 16.2. The molecule has 2 saturated heterocycles. The van der Waals surface area contributed by atoms with Crippen molar-refractivity contribution in [2.75, 3.05) is 19.6 Å². The predicted molar refractivity (Wildman–Crippen MR) is 138 cm³/mol. The van der Waals surface area contributed by atoms with Crippen LogP contribution in [-0.2, 0) is 15.6 Å². The minimum Gasteiger partial charge on any atom is -0.508 e. The number of phenolic OH excluding ortho intramolecular Hbond substituents is 1. The van der Waals surface area contributed by atoms with Gasteiger partial charge in [0.1, 0.15) is 5.75 Å². The molecule has 0 aromatic heterocycles. The van der Waals surface area contributed by atoms with Crippen LogP contribution in [0.25, 0.3) is 0 Å². The molecule has 0 saturated carbocycles. The van der Waals surface area contributed by atoms with Gasteiger partial charge >= 0.3 is 0 Å². The fourth-order valence-corrected chi connectivity index (χ4v) is 12.5. The van der Waals surface area contributed by atoms with Crippen LogP contribution in [0, 0.1) is 5.92 Å². The Morgan fingerprint density at radius 3 is 2.12 bits per heavy atom. The summed E-state index contributed by atoms with van der Waals surface area (Å²) in [5.74, 6) is 0.430. The molecule has 1 aromatic rings.